The molecule has 0 aliphatic heterocycles. The van der Waals surface area contributed by atoms with Gasteiger partial charge in [0.25, 0.3) is 0 Å². The van der Waals surface area contributed by atoms with E-state index >= 15 is 0 Å². The van der Waals surface area contributed by atoms with Crippen molar-refractivity contribution in [3.05, 3.63) is 36.5 Å². The molecule has 0 fully saturated rings. The number of ether oxygens (including phenoxy) is 2. The van der Waals surface area contributed by atoms with Crippen LogP contribution >= 0.6 is 15.6 Å². The standard InChI is InChI=1S/C39H72O14P2/c1-4-5-20-26-35(40)27-22-17-13-9-7-11-15-19-24-29-39(43)53-37(33-52-55(47,48)51-31-36(41)30-50-54(44,45)46)32-49-38(42)28-23-18-14-10-6-8-12-16-21-25-34(2)3/h5,13,17,20,22,27,34-37,40-41H,4,6-12,14-16,18-19,21,23-26,28-33H2,1-3H3,(H,47,48)(H2,44,45,46)/b17-13+,20-5+,27-22+/t35?,36-,37+/m0/s1. The number of phosphoric acid groups is 2. The fourth-order valence-corrected chi connectivity index (χ4v) is 6.37. The Balaban J connectivity index is 4.63. The fourth-order valence-electron chi connectivity index (χ4n) is 5.21. The van der Waals surface area contributed by atoms with Gasteiger partial charge in [-0.2, -0.15) is 0 Å². The summed E-state index contributed by atoms with van der Waals surface area (Å²) in [5.41, 5.74) is 0. The average Bonchev–Trinajstić information content (AvgIpc) is 3.12. The number of rotatable bonds is 37. The molecule has 0 aliphatic carbocycles. The Morgan fingerprint density at radius 2 is 1.18 bits per heavy atom. The average molecular weight is 827 g/mol. The molecule has 0 saturated carbocycles. The third-order valence-electron chi connectivity index (χ3n) is 8.29. The van der Waals surface area contributed by atoms with E-state index in [1.54, 1.807) is 6.08 Å². The minimum absolute atomic E-state index is 0.0852. The molecule has 0 radical (unpaired) electrons. The summed E-state index contributed by atoms with van der Waals surface area (Å²) in [5.74, 6) is -0.332. The minimum atomic E-state index is -4.87. The van der Waals surface area contributed by atoms with E-state index in [1.165, 1.54) is 38.5 Å². The molecule has 14 nitrogen and oxygen atoms in total. The van der Waals surface area contributed by atoms with E-state index < -0.39 is 72.3 Å². The number of hydrogen-bond donors (Lipinski definition) is 5. The van der Waals surface area contributed by atoms with Crippen molar-refractivity contribution in [3.63, 3.8) is 0 Å². The summed E-state index contributed by atoms with van der Waals surface area (Å²) in [4.78, 5) is 52.5. The van der Waals surface area contributed by atoms with Crippen molar-refractivity contribution in [2.75, 3.05) is 26.4 Å². The summed E-state index contributed by atoms with van der Waals surface area (Å²) >= 11 is 0. The Hall–Kier alpha value is -1.70. The Labute approximate surface area is 329 Å². The van der Waals surface area contributed by atoms with Gasteiger partial charge in [0.1, 0.15) is 12.7 Å². The zero-order chi connectivity index (χ0) is 41.2. The van der Waals surface area contributed by atoms with Gasteiger partial charge >= 0.3 is 27.6 Å². The Morgan fingerprint density at radius 3 is 1.78 bits per heavy atom. The third kappa shape index (κ3) is 38.9. The van der Waals surface area contributed by atoms with Crippen LogP contribution in [-0.2, 0) is 41.8 Å². The molecule has 0 aromatic carbocycles. The fraction of sp³-hybridized carbons (Fsp3) is 0.795. The SMILES string of the molecule is CC/C=C/CC(O)/C=C/C=C/CCCCCCCC(=O)O[C@H](COC(=O)CCCCCCCCCCCC(C)C)COP(=O)(O)OC[C@@H](O)COP(=O)(O)O. The van der Waals surface area contributed by atoms with Crippen molar-refractivity contribution in [2.45, 2.75) is 167 Å². The molecule has 322 valence electrons. The first-order valence-electron chi connectivity index (χ1n) is 20.1. The van der Waals surface area contributed by atoms with Crippen LogP contribution in [0.25, 0.3) is 0 Å². The largest absolute Gasteiger partial charge is 0.472 e. The van der Waals surface area contributed by atoms with Crippen LogP contribution in [0.5, 0.6) is 0 Å². The summed E-state index contributed by atoms with van der Waals surface area (Å²) in [6.07, 6.45) is 26.3. The van der Waals surface area contributed by atoms with Gasteiger partial charge in [-0.25, -0.2) is 9.13 Å². The van der Waals surface area contributed by atoms with Gasteiger partial charge in [0.2, 0.25) is 0 Å². The number of phosphoric ester groups is 2. The number of aliphatic hydroxyl groups is 2. The first kappa shape index (κ1) is 53.3. The quantitative estimate of drug-likeness (QED) is 0.0130. The lowest BCUT2D eigenvalue weighted by atomic mass is 10.0. The van der Waals surface area contributed by atoms with Crippen LogP contribution in [0.4, 0.5) is 0 Å². The topological polar surface area (TPSA) is 216 Å². The lowest BCUT2D eigenvalue weighted by molar-refractivity contribution is -0.161. The number of hydrogen-bond acceptors (Lipinski definition) is 11. The van der Waals surface area contributed by atoms with Crippen LogP contribution in [0.3, 0.4) is 0 Å². The lowest BCUT2D eigenvalue weighted by Crippen LogP contribution is -2.30. The predicted octanol–water partition coefficient (Wildman–Crippen LogP) is 8.55. The van der Waals surface area contributed by atoms with Gasteiger partial charge in [0.05, 0.1) is 25.9 Å². The zero-order valence-electron chi connectivity index (χ0n) is 33.5. The zero-order valence-corrected chi connectivity index (χ0v) is 35.3. The highest BCUT2D eigenvalue weighted by Crippen LogP contribution is 2.43. The van der Waals surface area contributed by atoms with Crippen molar-refractivity contribution in [1.29, 1.82) is 0 Å². The van der Waals surface area contributed by atoms with Gasteiger partial charge in [-0.15, -0.1) is 0 Å². The van der Waals surface area contributed by atoms with Crippen LogP contribution in [0, 0.1) is 5.92 Å². The summed E-state index contributed by atoms with van der Waals surface area (Å²) in [6.45, 7) is 3.77. The molecule has 0 bridgehead atoms. The summed E-state index contributed by atoms with van der Waals surface area (Å²) in [5, 5.41) is 19.6. The summed E-state index contributed by atoms with van der Waals surface area (Å²) in [6, 6.07) is 0. The Kier molecular flexibility index (Phi) is 33.3. The third-order valence-corrected chi connectivity index (χ3v) is 9.73. The van der Waals surface area contributed by atoms with Crippen molar-refractivity contribution in [1.82, 2.24) is 0 Å². The second-order valence-corrected chi connectivity index (χ2v) is 16.9. The highest BCUT2D eigenvalue weighted by molar-refractivity contribution is 7.47. The van der Waals surface area contributed by atoms with Crippen LogP contribution < -0.4 is 0 Å². The molecule has 2 unspecified atom stereocenters. The molecular weight excluding hydrogens is 754 g/mol. The number of esters is 2. The molecule has 0 aliphatic rings. The highest BCUT2D eigenvalue weighted by Gasteiger charge is 2.28. The number of carbonyl (C=O) groups is 2. The predicted molar refractivity (Wildman–Crippen MR) is 213 cm³/mol. The van der Waals surface area contributed by atoms with E-state index in [-0.39, 0.29) is 12.8 Å². The number of carbonyl (C=O) groups excluding carboxylic acids is 2. The Bertz CT molecular complexity index is 1150. The van der Waals surface area contributed by atoms with Crippen LogP contribution in [0.2, 0.25) is 0 Å². The van der Waals surface area contributed by atoms with Gasteiger partial charge < -0.3 is 34.4 Å². The van der Waals surface area contributed by atoms with E-state index in [2.05, 4.69) is 29.0 Å². The van der Waals surface area contributed by atoms with E-state index in [1.807, 2.05) is 31.2 Å². The second kappa shape index (κ2) is 34.4. The molecule has 0 heterocycles. The Morgan fingerprint density at radius 1 is 0.636 bits per heavy atom. The first-order chi connectivity index (χ1) is 26.1. The molecule has 0 aromatic heterocycles. The van der Waals surface area contributed by atoms with Crippen molar-refractivity contribution in [2.24, 2.45) is 5.92 Å². The van der Waals surface area contributed by atoms with Gasteiger partial charge in [0.15, 0.2) is 6.10 Å². The van der Waals surface area contributed by atoms with Gasteiger partial charge in [-0.05, 0) is 44.4 Å². The molecule has 16 heteroatoms. The molecule has 0 spiro atoms. The lowest BCUT2D eigenvalue weighted by Gasteiger charge is -2.20. The molecule has 4 atom stereocenters. The second-order valence-electron chi connectivity index (χ2n) is 14.2. The highest BCUT2D eigenvalue weighted by atomic mass is 31.2. The number of unbranched alkanes of at least 4 members (excludes halogenated alkanes) is 13. The normalized spacial score (nSPS) is 15.2. The molecule has 0 aromatic rings. The maximum Gasteiger partial charge on any atom is 0.472 e. The van der Waals surface area contributed by atoms with Gasteiger partial charge in [-0.1, -0.05) is 134 Å². The van der Waals surface area contributed by atoms with Gasteiger partial charge in [-0.3, -0.25) is 23.2 Å². The van der Waals surface area contributed by atoms with E-state index in [4.69, 9.17) is 23.8 Å². The van der Waals surface area contributed by atoms with Crippen LogP contribution in [0.1, 0.15) is 149 Å². The summed E-state index contributed by atoms with van der Waals surface area (Å²) in [7, 11) is -9.69. The van der Waals surface area contributed by atoms with Crippen LogP contribution in [0.15, 0.2) is 36.5 Å². The number of allylic oxidation sites excluding steroid dienone is 4. The van der Waals surface area contributed by atoms with Gasteiger partial charge in [0, 0.05) is 12.8 Å². The molecular formula is C39H72O14P2. The number of aliphatic hydroxyl groups excluding tert-OH is 2. The van der Waals surface area contributed by atoms with Crippen LogP contribution in [-0.4, -0.2) is 81.6 Å². The minimum Gasteiger partial charge on any atom is -0.462 e. The molecule has 0 saturated heterocycles. The van der Waals surface area contributed by atoms with E-state index in [0.717, 1.165) is 63.7 Å². The van der Waals surface area contributed by atoms with Crippen molar-refractivity contribution in [3.8, 4) is 0 Å². The summed E-state index contributed by atoms with van der Waals surface area (Å²) < 4.78 is 47.6. The molecule has 55 heavy (non-hydrogen) atoms. The van der Waals surface area contributed by atoms with Crippen molar-refractivity contribution < 1.29 is 66.7 Å². The maximum atomic E-state index is 12.6. The van der Waals surface area contributed by atoms with Crippen molar-refractivity contribution >= 4 is 27.6 Å². The first-order valence-corrected chi connectivity index (χ1v) is 23.2. The van der Waals surface area contributed by atoms with E-state index in [0.29, 0.717) is 19.3 Å². The molecule has 0 rings (SSSR count). The smallest absolute Gasteiger partial charge is 0.462 e. The monoisotopic (exact) mass is 826 g/mol. The molecule has 0 amide bonds. The molecule has 5 N–H and O–H groups in total. The van der Waals surface area contributed by atoms with E-state index in [9.17, 15) is 33.8 Å². The maximum absolute atomic E-state index is 12.6.